The summed E-state index contributed by atoms with van der Waals surface area (Å²) < 4.78 is 16.6. The maximum Gasteiger partial charge on any atom is 0.220 e. The second-order valence-corrected chi connectivity index (χ2v) is 6.36. The number of primary amides is 1. The number of ether oxygens (including phenoxy) is 3. The Morgan fingerprint density at radius 1 is 1.07 bits per heavy atom. The number of methoxy groups -OCH3 is 3. The Hall–Kier alpha value is -3.22. The molecule has 158 valence electrons. The summed E-state index contributed by atoms with van der Waals surface area (Å²) in [5.41, 5.74) is 7.47. The first-order chi connectivity index (χ1) is 13.7. The van der Waals surface area contributed by atoms with Gasteiger partial charge in [0.2, 0.25) is 17.1 Å². The predicted octanol–water partition coefficient (Wildman–Crippen LogP) is 3.20. The van der Waals surface area contributed by atoms with E-state index in [1.165, 1.54) is 19.1 Å². The first-order valence-corrected chi connectivity index (χ1v) is 9.13. The number of carbonyl (C=O) groups is 1. The molecule has 0 unspecified atom stereocenters. The van der Waals surface area contributed by atoms with E-state index in [1.807, 2.05) is 13.0 Å². The lowest BCUT2D eigenvalue weighted by atomic mass is 9.93. The molecular formula is C22H29NO6. The average molecular weight is 403 g/mol. The molecule has 0 radical (unpaired) electrons. The summed E-state index contributed by atoms with van der Waals surface area (Å²) in [4.78, 5) is 21.1. The fourth-order valence-electron chi connectivity index (χ4n) is 2.97. The number of benzene rings is 1. The van der Waals surface area contributed by atoms with Crippen LogP contribution in [0.3, 0.4) is 0 Å². The number of hydrogen-bond acceptors (Lipinski definition) is 6. The Balaban J connectivity index is 0.000000960. The van der Waals surface area contributed by atoms with Crippen molar-refractivity contribution in [3.8, 4) is 34.1 Å². The van der Waals surface area contributed by atoms with Crippen molar-refractivity contribution in [3.05, 3.63) is 45.6 Å². The van der Waals surface area contributed by atoms with Crippen molar-refractivity contribution < 1.29 is 24.1 Å². The normalized spacial score (nSPS) is 9.86. The highest BCUT2D eigenvalue weighted by Crippen LogP contribution is 2.47. The molecule has 0 heterocycles. The van der Waals surface area contributed by atoms with Crippen LogP contribution < -0.4 is 25.4 Å². The smallest absolute Gasteiger partial charge is 0.220 e. The van der Waals surface area contributed by atoms with Gasteiger partial charge in [-0.2, -0.15) is 0 Å². The summed E-state index contributed by atoms with van der Waals surface area (Å²) in [6.45, 7) is 5.23. The fourth-order valence-corrected chi connectivity index (χ4v) is 2.97. The van der Waals surface area contributed by atoms with Crippen LogP contribution in [-0.2, 0) is 11.2 Å². The molecule has 0 bridgehead atoms. The van der Waals surface area contributed by atoms with E-state index in [4.69, 9.17) is 14.2 Å². The van der Waals surface area contributed by atoms with Gasteiger partial charge in [0.25, 0.3) is 0 Å². The van der Waals surface area contributed by atoms with Crippen LogP contribution in [0.15, 0.2) is 29.1 Å². The van der Waals surface area contributed by atoms with Crippen molar-refractivity contribution >= 4 is 5.91 Å². The zero-order chi connectivity index (χ0) is 22.1. The third kappa shape index (κ3) is 5.88. The lowest BCUT2D eigenvalue weighted by Crippen LogP contribution is -2.02. The van der Waals surface area contributed by atoms with E-state index in [9.17, 15) is 14.7 Å². The van der Waals surface area contributed by atoms with Crippen molar-refractivity contribution in [3.63, 3.8) is 0 Å². The minimum atomic E-state index is -0.416. The highest BCUT2D eigenvalue weighted by molar-refractivity contribution is 5.81. The second kappa shape index (κ2) is 10.9. The van der Waals surface area contributed by atoms with Crippen LogP contribution in [0.4, 0.5) is 0 Å². The molecule has 2 aromatic rings. The van der Waals surface area contributed by atoms with Crippen molar-refractivity contribution in [2.75, 3.05) is 21.3 Å². The largest absolute Gasteiger partial charge is 0.504 e. The quantitative estimate of drug-likeness (QED) is 0.767. The summed E-state index contributed by atoms with van der Waals surface area (Å²) in [5.74, 6) is 1.02. The van der Waals surface area contributed by atoms with Gasteiger partial charge in [-0.05, 0) is 48.2 Å². The topological polar surface area (TPSA) is 108 Å². The highest BCUT2D eigenvalue weighted by atomic mass is 16.5. The molecule has 0 aliphatic carbocycles. The minimum absolute atomic E-state index is 0.286. The summed E-state index contributed by atoms with van der Waals surface area (Å²) >= 11 is 0. The fraction of sp³-hybridized carbons (Fsp3) is 0.364. The van der Waals surface area contributed by atoms with Gasteiger partial charge >= 0.3 is 0 Å². The molecule has 0 aliphatic rings. The Morgan fingerprint density at radius 2 is 1.66 bits per heavy atom. The molecule has 2 rings (SSSR count). The van der Waals surface area contributed by atoms with E-state index in [-0.39, 0.29) is 11.7 Å². The molecule has 0 aromatic heterocycles. The van der Waals surface area contributed by atoms with Gasteiger partial charge in [0.1, 0.15) is 0 Å². The molecule has 7 nitrogen and oxygen atoms in total. The summed E-state index contributed by atoms with van der Waals surface area (Å²) in [5, 5.41) is 9.77. The number of nitrogens with two attached hydrogens (primary N) is 1. The highest BCUT2D eigenvalue weighted by Gasteiger charge is 2.22. The van der Waals surface area contributed by atoms with Crippen LogP contribution in [0.2, 0.25) is 0 Å². The number of carbonyl (C=O) groups excluding carboxylic acids is 1. The molecule has 0 spiro atoms. The van der Waals surface area contributed by atoms with Crippen LogP contribution in [0.1, 0.15) is 31.4 Å². The molecule has 1 amide bonds. The van der Waals surface area contributed by atoms with E-state index >= 15 is 0 Å². The minimum Gasteiger partial charge on any atom is -0.504 e. The number of aromatic hydroxyl groups is 1. The molecule has 0 fully saturated rings. The molecule has 3 N–H and O–H groups in total. The van der Waals surface area contributed by atoms with Crippen LogP contribution in [0.25, 0.3) is 11.1 Å². The zero-order valence-corrected chi connectivity index (χ0v) is 17.8. The van der Waals surface area contributed by atoms with E-state index < -0.39 is 5.43 Å². The number of rotatable bonds is 6. The van der Waals surface area contributed by atoms with Crippen molar-refractivity contribution in [2.24, 2.45) is 5.73 Å². The predicted molar refractivity (Wildman–Crippen MR) is 113 cm³/mol. The van der Waals surface area contributed by atoms with Crippen LogP contribution in [0, 0.1) is 6.92 Å². The van der Waals surface area contributed by atoms with Gasteiger partial charge in [-0.15, -0.1) is 0 Å². The van der Waals surface area contributed by atoms with E-state index in [1.54, 1.807) is 27.4 Å². The van der Waals surface area contributed by atoms with Gasteiger partial charge in [-0.1, -0.05) is 19.4 Å². The second-order valence-electron chi connectivity index (χ2n) is 6.36. The molecule has 0 saturated heterocycles. The lowest BCUT2D eigenvalue weighted by molar-refractivity contribution is -0.115. The van der Waals surface area contributed by atoms with Gasteiger partial charge in [0, 0.05) is 12.5 Å². The maximum atomic E-state index is 11.9. The van der Waals surface area contributed by atoms with Gasteiger partial charge in [-0.3, -0.25) is 9.59 Å². The zero-order valence-electron chi connectivity index (χ0n) is 17.8. The van der Waals surface area contributed by atoms with E-state index in [0.717, 1.165) is 35.1 Å². The first-order valence-electron chi connectivity index (χ1n) is 9.13. The summed E-state index contributed by atoms with van der Waals surface area (Å²) in [6.07, 6.45) is 1.74. The average Bonchev–Trinajstić information content (AvgIpc) is 2.78. The van der Waals surface area contributed by atoms with Gasteiger partial charge in [-0.25, -0.2) is 0 Å². The molecule has 29 heavy (non-hydrogen) atoms. The summed E-state index contributed by atoms with van der Waals surface area (Å²) in [7, 11) is 4.72. The Morgan fingerprint density at radius 3 is 2.14 bits per heavy atom. The summed E-state index contributed by atoms with van der Waals surface area (Å²) in [6, 6.07) is 6.51. The number of hydrogen-bond donors (Lipinski definition) is 2. The van der Waals surface area contributed by atoms with Crippen molar-refractivity contribution in [1.82, 2.24) is 0 Å². The standard InChI is InChI=1S/C20H24O5.C2H5NO/c1-6-7-13-11-17(23-3)19(24-4)20(25-5)18(13)14-8-9-15(21)16(22)10-12(14)2;1-2(3)4/h8-11H,6-7H2,1-5H3,(H,21,22);1H3,(H2,3,4). The molecule has 7 heteroatoms. The maximum absolute atomic E-state index is 11.9. The van der Waals surface area contributed by atoms with Gasteiger partial charge in [0.05, 0.1) is 21.3 Å². The van der Waals surface area contributed by atoms with Crippen molar-refractivity contribution in [2.45, 2.75) is 33.6 Å². The Bertz CT molecular complexity index is 920. The van der Waals surface area contributed by atoms with Crippen molar-refractivity contribution in [1.29, 1.82) is 0 Å². The molecule has 0 aliphatic heterocycles. The SMILES string of the molecule is CC(N)=O.CCCc1cc(OC)c(OC)c(OC)c1-c1ccc(O)c(=O)cc1C. The van der Waals surface area contributed by atoms with E-state index in [0.29, 0.717) is 17.2 Å². The van der Waals surface area contributed by atoms with Crippen LogP contribution in [0.5, 0.6) is 23.0 Å². The van der Waals surface area contributed by atoms with E-state index in [2.05, 4.69) is 12.7 Å². The molecular weight excluding hydrogens is 374 g/mol. The number of amides is 1. The first kappa shape index (κ1) is 23.8. The Kier molecular flexibility index (Phi) is 8.99. The molecule has 2 aromatic carbocycles. The third-order valence-corrected chi connectivity index (χ3v) is 4.13. The molecule has 0 saturated carbocycles. The van der Waals surface area contributed by atoms with Gasteiger partial charge < -0.3 is 25.1 Å². The van der Waals surface area contributed by atoms with Gasteiger partial charge in [0.15, 0.2) is 17.2 Å². The number of aryl methyl sites for hydroxylation is 2. The third-order valence-electron chi connectivity index (χ3n) is 4.13. The molecule has 0 atom stereocenters. The van der Waals surface area contributed by atoms with Crippen LogP contribution >= 0.6 is 0 Å². The lowest BCUT2D eigenvalue weighted by Gasteiger charge is -2.20. The monoisotopic (exact) mass is 403 g/mol. The van der Waals surface area contributed by atoms with Crippen LogP contribution in [-0.4, -0.2) is 32.3 Å². The Labute approximate surface area is 171 Å².